The molecule has 0 aliphatic carbocycles. The Morgan fingerprint density at radius 3 is 2.44 bits per heavy atom. The number of carbonyl (C=O) groups is 1. The van der Waals surface area contributed by atoms with Crippen LogP contribution in [0.2, 0.25) is 0 Å². The molecule has 96 valence electrons. The van der Waals surface area contributed by atoms with Crippen molar-refractivity contribution in [1.29, 1.82) is 5.26 Å². The predicted octanol–water partition coefficient (Wildman–Crippen LogP) is 3.48. The molecule has 3 heteroatoms. The molecule has 0 N–H and O–H groups in total. The zero-order valence-corrected chi connectivity index (χ0v) is 11.2. The van der Waals surface area contributed by atoms with E-state index in [-0.39, 0.29) is 5.97 Å². The number of esters is 1. The third-order valence-electron chi connectivity index (χ3n) is 3.10. The van der Waals surface area contributed by atoms with Crippen LogP contribution in [0.5, 0.6) is 5.75 Å². The second-order valence-corrected chi connectivity index (χ2v) is 4.93. The van der Waals surface area contributed by atoms with Crippen molar-refractivity contribution in [2.24, 2.45) is 5.41 Å². The van der Waals surface area contributed by atoms with E-state index in [4.69, 9.17) is 10.00 Å². The Bertz CT molecular complexity index is 441. The van der Waals surface area contributed by atoms with Crippen molar-refractivity contribution in [1.82, 2.24) is 0 Å². The van der Waals surface area contributed by atoms with Gasteiger partial charge in [-0.05, 0) is 44.4 Å². The second kappa shape index (κ2) is 6.20. The quantitative estimate of drug-likeness (QED) is 0.589. The first-order valence-corrected chi connectivity index (χ1v) is 6.18. The van der Waals surface area contributed by atoms with Crippen LogP contribution < -0.4 is 4.74 Å². The highest BCUT2D eigenvalue weighted by atomic mass is 16.5. The highest BCUT2D eigenvalue weighted by molar-refractivity contribution is 5.78. The van der Waals surface area contributed by atoms with Crippen LogP contribution in [0.25, 0.3) is 0 Å². The van der Waals surface area contributed by atoms with Crippen molar-refractivity contribution in [2.45, 2.75) is 40.0 Å². The summed E-state index contributed by atoms with van der Waals surface area (Å²) in [4.78, 5) is 11.9. The predicted molar refractivity (Wildman–Crippen MR) is 70.1 cm³/mol. The number of hydrogen-bond acceptors (Lipinski definition) is 3. The van der Waals surface area contributed by atoms with Crippen LogP contribution in [0.3, 0.4) is 0 Å². The molecule has 1 rings (SSSR count). The Morgan fingerprint density at radius 2 is 1.94 bits per heavy atom. The van der Waals surface area contributed by atoms with Crippen molar-refractivity contribution < 1.29 is 9.53 Å². The minimum atomic E-state index is -0.459. The molecular weight excluding hydrogens is 226 g/mol. The molecule has 18 heavy (non-hydrogen) atoms. The smallest absolute Gasteiger partial charge is 0.316 e. The van der Waals surface area contributed by atoms with Crippen LogP contribution in [-0.2, 0) is 11.2 Å². The highest BCUT2D eigenvalue weighted by Gasteiger charge is 2.27. The van der Waals surface area contributed by atoms with E-state index < -0.39 is 5.41 Å². The first-order valence-electron chi connectivity index (χ1n) is 6.18. The molecule has 3 nitrogen and oxygen atoms in total. The standard InChI is InChI=1S/C15H19NO2/c1-4-15(2,3)14(17)18-13-9-7-12(8-10-13)6-5-11-16/h7-10H,4-6H2,1-3H3. The van der Waals surface area contributed by atoms with Gasteiger partial charge >= 0.3 is 5.97 Å². The molecule has 0 amide bonds. The summed E-state index contributed by atoms with van der Waals surface area (Å²) in [6, 6.07) is 9.43. The van der Waals surface area contributed by atoms with E-state index >= 15 is 0 Å². The Hall–Kier alpha value is -1.82. The number of benzene rings is 1. The molecule has 0 aliphatic heterocycles. The van der Waals surface area contributed by atoms with E-state index in [1.54, 1.807) is 12.1 Å². The monoisotopic (exact) mass is 245 g/mol. The van der Waals surface area contributed by atoms with Gasteiger partial charge in [-0.15, -0.1) is 0 Å². The van der Waals surface area contributed by atoms with Crippen LogP contribution in [0.1, 0.15) is 39.2 Å². The molecule has 0 unspecified atom stereocenters. The minimum Gasteiger partial charge on any atom is -0.426 e. The number of nitriles is 1. The van der Waals surface area contributed by atoms with Crippen LogP contribution in [-0.4, -0.2) is 5.97 Å². The van der Waals surface area contributed by atoms with Gasteiger partial charge in [0, 0.05) is 6.42 Å². The molecule has 1 aromatic rings. The van der Waals surface area contributed by atoms with E-state index in [1.165, 1.54) is 0 Å². The maximum atomic E-state index is 11.9. The highest BCUT2D eigenvalue weighted by Crippen LogP contribution is 2.23. The third-order valence-corrected chi connectivity index (χ3v) is 3.10. The van der Waals surface area contributed by atoms with Crippen LogP contribution in [0.4, 0.5) is 0 Å². The fraction of sp³-hybridized carbons (Fsp3) is 0.467. The number of ether oxygens (including phenoxy) is 1. The van der Waals surface area contributed by atoms with E-state index in [9.17, 15) is 4.79 Å². The minimum absolute atomic E-state index is 0.213. The fourth-order valence-electron chi connectivity index (χ4n) is 1.31. The number of nitrogens with zero attached hydrogens (tertiary/aromatic N) is 1. The van der Waals surface area contributed by atoms with Crippen molar-refractivity contribution in [3.05, 3.63) is 29.8 Å². The van der Waals surface area contributed by atoms with E-state index in [0.717, 1.165) is 18.4 Å². The van der Waals surface area contributed by atoms with Crippen molar-refractivity contribution in [3.63, 3.8) is 0 Å². The van der Waals surface area contributed by atoms with Gasteiger partial charge in [0.2, 0.25) is 0 Å². The summed E-state index contributed by atoms with van der Waals surface area (Å²) < 4.78 is 5.33. The largest absolute Gasteiger partial charge is 0.426 e. The molecule has 0 heterocycles. The number of carbonyl (C=O) groups excluding carboxylic acids is 1. The van der Waals surface area contributed by atoms with E-state index in [2.05, 4.69) is 6.07 Å². The zero-order chi connectivity index (χ0) is 13.6. The molecule has 0 aliphatic rings. The third kappa shape index (κ3) is 3.89. The normalized spacial score (nSPS) is 10.8. The molecule has 0 saturated carbocycles. The molecule has 1 aromatic carbocycles. The summed E-state index contributed by atoms with van der Waals surface area (Å²) in [5.74, 6) is 0.344. The molecule has 0 saturated heterocycles. The van der Waals surface area contributed by atoms with Crippen molar-refractivity contribution in [3.8, 4) is 11.8 Å². The summed E-state index contributed by atoms with van der Waals surface area (Å²) in [5.41, 5.74) is 0.616. The summed E-state index contributed by atoms with van der Waals surface area (Å²) in [6.45, 7) is 5.71. The van der Waals surface area contributed by atoms with Gasteiger partial charge in [0.1, 0.15) is 5.75 Å². The van der Waals surface area contributed by atoms with Crippen molar-refractivity contribution in [2.75, 3.05) is 0 Å². The molecule has 0 radical (unpaired) electrons. The lowest BCUT2D eigenvalue weighted by Crippen LogP contribution is -2.28. The molecule has 0 atom stereocenters. The molecular formula is C15H19NO2. The number of aryl methyl sites for hydroxylation is 1. The lowest BCUT2D eigenvalue weighted by Gasteiger charge is -2.20. The van der Waals surface area contributed by atoms with E-state index in [0.29, 0.717) is 12.2 Å². The maximum absolute atomic E-state index is 11.9. The molecule has 0 spiro atoms. The van der Waals surface area contributed by atoms with Crippen LogP contribution in [0.15, 0.2) is 24.3 Å². The van der Waals surface area contributed by atoms with Gasteiger partial charge in [-0.25, -0.2) is 0 Å². The Kier molecular flexibility index (Phi) is 4.91. The first-order chi connectivity index (χ1) is 8.49. The Labute approximate surface area is 108 Å². The summed E-state index contributed by atoms with van der Waals surface area (Å²) in [6.07, 6.45) is 1.97. The van der Waals surface area contributed by atoms with Gasteiger partial charge in [-0.3, -0.25) is 4.79 Å². The zero-order valence-electron chi connectivity index (χ0n) is 11.2. The lowest BCUT2D eigenvalue weighted by molar-refractivity contribution is -0.144. The van der Waals surface area contributed by atoms with Gasteiger partial charge in [-0.2, -0.15) is 5.26 Å². The summed E-state index contributed by atoms with van der Waals surface area (Å²) in [7, 11) is 0. The SMILES string of the molecule is CCC(C)(C)C(=O)Oc1ccc(CCC#N)cc1. The van der Waals surface area contributed by atoms with Gasteiger partial charge in [0.25, 0.3) is 0 Å². The number of hydrogen-bond donors (Lipinski definition) is 0. The van der Waals surface area contributed by atoms with Crippen LogP contribution >= 0.6 is 0 Å². The first kappa shape index (κ1) is 14.2. The van der Waals surface area contributed by atoms with Gasteiger partial charge in [0.15, 0.2) is 0 Å². The molecule has 0 aromatic heterocycles. The summed E-state index contributed by atoms with van der Waals surface area (Å²) >= 11 is 0. The van der Waals surface area contributed by atoms with E-state index in [1.807, 2.05) is 32.9 Å². The van der Waals surface area contributed by atoms with Crippen LogP contribution in [0, 0.1) is 16.7 Å². The Balaban J connectivity index is 2.64. The Morgan fingerprint density at radius 1 is 1.33 bits per heavy atom. The molecule has 0 bridgehead atoms. The lowest BCUT2D eigenvalue weighted by atomic mass is 9.91. The topological polar surface area (TPSA) is 50.1 Å². The maximum Gasteiger partial charge on any atom is 0.316 e. The van der Waals surface area contributed by atoms with Gasteiger partial charge < -0.3 is 4.74 Å². The number of rotatable bonds is 5. The second-order valence-electron chi connectivity index (χ2n) is 4.93. The fourth-order valence-corrected chi connectivity index (χ4v) is 1.31. The average Bonchev–Trinajstić information content (AvgIpc) is 2.37. The molecule has 0 fully saturated rings. The van der Waals surface area contributed by atoms with Gasteiger partial charge in [0.05, 0.1) is 11.5 Å². The average molecular weight is 245 g/mol. The summed E-state index contributed by atoms with van der Waals surface area (Å²) in [5, 5.41) is 8.50. The van der Waals surface area contributed by atoms with Gasteiger partial charge in [-0.1, -0.05) is 19.1 Å². The van der Waals surface area contributed by atoms with Crippen molar-refractivity contribution >= 4 is 5.97 Å².